The summed E-state index contributed by atoms with van der Waals surface area (Å²) in [7, 11) is 1.49. The molecule has 2 saturated carbocycles. The van der Waals surface area contributed by atoms with Crippen LogP contribution in [0.3, 0.4) is 0 Å². The van der Waals surface area contributed by atoms with Gasteiger partial charge in [0, 0.05) is 5.56 Å². The Labute approximate surface area is 246 Å². The van der Waals surface area contributed by atoms with Gasteiger partial charge < -0.3 is 9.47 Å². The quantitative estimate of drug-likeness (QED) is 0.161. The number of halogens is 1. The number of hydrogen-bond donors (Lipinski definition) is 0. The largest absolute Gasteiger partial charge is 0.497 e. The van der Waals surface area contributed by atoms with E-state index in [-0.39, 0.29) is 33.7 Å². The smallest absolute Gasteiger partial charge is 0.343 e. The van der Waals surface area contributed by atoms with Gasteiger partial charge in [-0.25, -0.2) is 9.80 Å². The zero-order valence-electron chi connectivity index (χ0n) is 22.7. The summed E-state index contributed by atoms with van der Waals surface area (Å²) < 4.78 is 10.6. The van der Waals surface area contributed by atoms with Crippen molar-refractivity contribution in [2.45, 2.75) is 19.3 Å². The number of amides is 3. The number of carbonyl (C=O) groups excluding carboxylic acids is 5. The van der Waals surface area contributed by atoms with E-state index in [1.807, 2.05) is 0 Å². The van der Waals surface area contributed by atoms with Crippen LogP contribution in [0.4, 0.5) is 0 Å². The van der Waals surface area contributed by atoms with Crippen molar-refractivity contribution in [3.8, 4) is 11.5 Å². The summed E-state index contributed by atoms with van der Waals surface area (Å²) in [4.78, 5) is 66.9. The Kier molecular flexibility index (Phi) is 7.28. The van der Waals surface area contributed by atoms with E-state index in [2.05, 4.69) is 0 Å². The molecular formula is C32H27ClN2O7. The van der Waals surface area contributed by atoms with Crippen molar-refractivity contribution < 1.29 is 33.4 Å². The van der Waals surface area contributed by atoms with Gasteiger partial charge in [-0.05, 0) is 85.7 Å². The minimum atomic E-state index is -0.716. The summed E-state index contributed by atoms with van der Waals surface area (Å²) in [5.74, 6) is -2.70. The number of ether oxygens (including phenoxy) is 2. The lowest BCUT2D eigenvalue weighted by Gasteiger charge is -2.31. The first kappa shape index (κ1) is 27.7. The molecule has 3 fully saturated rings. The third-order valence-corrected chi connectivity index (χ3v) is 8.80. The number of imide groups is 1. The number of hydrazine groups is 1. The normalized spacial score (nSPS) is 22.2. The molecule has 1 heterocycles. The van der Waals surface area contributed by atoms with Crippen molar-refractivity contribution in [3.63, 3.8) is 0 Å². The second-order valence-electron chi connectivity index (χ2n) is 10.8. The maximum atomic E-state index is 13.7. The molecule has 6 rings (SSSR count). The molecule has 3 aromatic carbocycles. The molecule has 2 aliphatic carbocycles. The van der Waals surface area contributed by atoms with Gasteiger partial charge in [0.25, 0.3) is 17.7 Å². The summed E-state index contributed by atoms with van der Waals surface area (Å²) in [6, 6.07) is 18.6. The molecule has 0 aromatic heterocycles. The van der Waals surface area contributed by atoms with Crippen LogP contribution in [0.15, 0.2) is 72.8 Å². The number of benzene rings is 3. The number of nitrogens with zero attached hydrogens (tertiary/aromatic N) is 2. The van der Waals surface area contributed by atoms with Crippen molar-refractivity contribution in [1.82, 2.24) is 10.0 Å². The predicted molar refractivity (Wildman–Crippen MR) is 151 cm³/mol. The first-order chi connectivity index (χ1) is 20.3. The Morgan fingerprint density at radius 2 is 1.52 bits per heavy atom. The number of methoxy groups -OCH3 is 1. The standard InChI is InChI=1S/C32H27ClN2O7/c1-41-23-6-4-5-21(16-23)32(40)42-22-13-11-18(12-14-22)26(36)17-34(29(37)24-7-2-3-8-25(24)33)35-30(38)27-19-9-10-20(15-19)28(27)31(35)39/h2-8,11-14,16,19-20,27-28H,9-10,15,17H2,1H3/t19-,20-,27+,28+/m0/s1. The third-order valence-electron chi connectivity index (χ3n) is 8.47. The molecule has 10 heteroatoms. The molecule has 0 N–H and O–H groups in total. The molecule has 9 nitrogen and oxygen atoms in total. The highest BCUT2D eigenvalue weighted by Gasteiger charge is 2.62. The fourth-order valence-corrected chi connectivity index (χ4v) is 6.71. The molecule has 0 unspecified atom stereocenters. The molecule has 3 amide bonds. The van der Waals surface area contributed by atoms with Crippen molar-refractivity contribution >= 4 is 41.1 Å². The number of carbonyl (C=O) groups is 5. The number of ketones is 1. The fraction of sp³-hybridized carbons (Fsp3) is 0.281. The van der Waals surface area contributed by atoms with Gasteiger partial charge in [-0.15, -0.1) is 0 Å². The van der Waals surface area contributed by atoms with Crippen molar-refractivity contribution in [2.75, 3.05) is 13.7 Å². The highest BCUT2D eigenvalue weighted by molar-refractivity contribution is 6.34. The van der Waals surface area contributed by atoms with Crippen molar-refractivity contribution in [1.29, 1.82) is 0 Å². The molecule has 0 spiro atoms. The van der Waals surface area contributed by atoms with Crippen LogP contribution in [0, 0.1) is 23.7 Å². The van der Waals surface area contributed by atoms with E-state index in [1.165, 1.54) is 43.5 Å². The Morgan fingerprint density at radius 1 is 0.857 bits per heavy atom. The van der Waals surface area contributed by atoms with Crippen LogP contribution in [0.25, 0.3) is 0 Å². The van der Waals surface area contributed by atoms with Gasteiger partial charge in [0.05, 0.1) is 35.1 Å². The minimum Gasteiger partial charge on any atom is -0.497 e. The highest BCUT2D eigenvalue weighted by Crippen LogP contribution is 2.56. The molecule has 0 radical (unpaired) electrons. The van der Waals surface area contributed by atoms with Crippen LogP contribution >= 0.6 is 11.6 Å². The number of esters is 1. The lowest BCUT2D eigenvalue weighted by molar-refractivity contribution is -0.155. The SMILES string of the molecule is COc1cccc(C(=O)Oc2ccc(C(=O)CN(C(=O)c3ccccc3Cl)N3C(=O)[C@@H]4[C@H]5CC[C@@H](C5)[C@H]4C3=O)cc2)c1. The number of hydrogen-bond acceptors (Lipinski definition) is 7. The maximum Gasteiger partial charge on any atom is 0.343 e. The average Bonchev–Trinajstić information content (AvgIpc) is 3.69. The Balaban J connectivity index is 1.23. The maximum absolute atomic E-state index is 13.7. The van der Waals surface area contributed by atoms with Gasteiger partial charge in [-0.2, -0.15) is 5.01 Å². The molecule has 3 aromatic rings. The number of fused-ring (bicyclic) bond motifs is 5. The van der Waals surface area contributed by atoms with Crippen molar-refractivity contribution in [2.24, 2.45) is 23.7 Å². The summed E-state index contributed by atoms with van der Waals surface area (Å²) in [5.41, 5.74) is 0.571. The Bertz CT molecular complexity index is 1580. The summed E-state index contributed by atoms with van der Waals surface area (Å²) in [6.45, 7) is -0.556. The molecule has 3 aliphatic rings. The van der Waals surface area contributed by atoms with Gasteiger partial charge >= 0.3 is 5.97 Å². The van der Waals surface area contributed by atoms with Crippen molar-refractivity contribution in [3.05, 3.63) is 94.5 Å². The summed E-state index contributed by atoms with van der Waals surface area (Å²) in [5, 5.41) is 1.96. The first-order valence-electron chi connectivity index (χ1n) is 13.7. The van der Waals surface area contributed by atoms with Gasteiger partial charge in [-0.3, -0.25) is 19.2 Å². The minimum absolute atomic E-state index is 0.0763. The lowest BCUT2D eigenvalue weighted by Crippen LogP contribution is -2.52. The van der Waals surface area contributed by atoms with E-state index in [4.69, 9.17) is 21.1 Å². The van der Waals surface area contributed by atoms with Crippen LogP contribution < -0.4 is 9.47 Å². The number of Topliss-reactive ketones (excluding diaryl/α,β-unsaturated/α-hetero) is 1. The Morgan fingerprint density at radius 3 is 2.17 bits per heavy atom. The van der Waals surface area contributed by atoms with Gasteiger partial charge in [0.15, 0.2) is 5.78 Å². The van der Waals surface area contributed by atoms with E-state index < -0.39 is 47.9 Å². The van der Waals surface area contributed by atoms with Crippen LogP contribution in [-0.4, -0.2) is 53.1 Å². The van der Waals surface area contributed by atoms with E-state index >= 15 is 0 Å². The van der Waals surface area contributed by atoms with E-state index in [1.54, 1.807) is 36.4 Å². The molecule has 1 saturated heterocycles. The highest BCUT2D eigenvalue weighted by atomic mass is 35.5. The second-order valence-corrected chi connectivity index (χ2v) is 11.2. The molecule has 214 valence electrons. The van der Waals surface area contributed by atoms with Crippen LogP contribution in [0.5, 0.6) is 11.5 Å². The van der Waals surface area contributed by atoms with E-state index in [9.17, 15) is 24.0 Å². The molecule has 4 atom stereocenters. The average molecular weight is 587 g/mol. The van der Waals surface area contributed by atoms with Gasteiger partial charge in [0.2, 0.25) is 0 Å². The monoisotopic (exact) mass is 586 g/mol. The van der Waals surface area contributed by atoms with E-state index in [0.717, 1.165) is 29.3 Å². The molecule has 42 heavy (non-hydrogen) atoms. The third kappa shape index (κ3) is 4.83. The fourth-order valence-electron chi connectivity index (χ4n) is 6.49. The molecule has 1 aliphatic heterocycles. The second kappa shape index (κ2) is 11.1. The number of rotatable bonds is 8. The van der Waals surface area contributed by atoms with Gasteiger partial charge in [-0.1, -0.05) is 29.8 Å². The van der Waals surface area contributed by atoms with E-state index in [0.29, 0.717) is 11.3 Å². The van der Waals surface area contributed by atoms with Crippen LogP contribution in [0.2, 0.25) is 5.02 Å². The molecule has 2 bridgehead atoms. The topological polar surface area (TPSA) is 110 Å². The molecular weight excluding hydrogens is 560 g/mol. The summed E-state index contributed by atoms with van der Waals surface area (Å²) >= 11 is 6.30. The van der Waals surface area contributed by atoms with Crippen LogP contribution in [0.1, 0.15) is 50.3 Å². The van der Waals surface area contributed by atoms with Crippen LogP contribution in [-0.2, 0) is 9.59 Å². The lowest BCUT2D eigenvalue weighted by atomic mass is 9.81. The van der Waals surface area contributed by atoms with Gasteiger partial charge in [0.1, 0.15) is 18.0 Å². The Hall–Kier alpha value is -4.50. The first-order valence-corrected chi connectivity index (χ1v) is 14.1. The zero-order chi connectivity index (χ0) is 29.5. The zero-order valence-corrected chi connectivity index (χ0v) is 23.5. The summed E-state index contributed by atoms with van der Waals surface area (Å²) in [6.07, 6.45) is 2.60. The predicted octanol–water partition coefficient (Wildman–Crippen LogP) is 4.84.